The number of carbonyl (C=O) groups excluding carboxylic acids is 2. The maximum atomic E-state index is 12.5. The van der Waals surface area contributed by atoms with Gasteiger partial charge in [-0.1, -0.05) is 18.2 Å². The minimum Gasteiger partial charge on any atom is -0.484 e. The molecule has 0 radical (unpaired) electrons. The fourth-order valence-corrected chi connectivity index (χ4v) is 3.26. The first kappa shape index (κ1) is 22.9. The van der Waals surface area contributed by atoms with Crippen LogP contribution in [0.5, 0.6) is 5.75 Å². The van der Waals surface area contributed by atoms with Gasteiger partial charge in [0.1, 0.15) is 18.1 Å². The number of urea groups is 1. The molecule has 1 aliphatic rings. The van der Waals surface area contributed by atoms with Gasteiger partial charge in [-0.3, -0.25) is 4.79 Å². The Morgan fingerprint density at radius 1 is 1.03 bits per heavy atom. The number of ether oxygens (including phenoxy) is 2. The lowest BCUT2D eigenvalue weighted by molar-refractivity contribution is -0.120. The Morgan fingerprint density at radius 3 is 2.41 bits per heavy atom. The predicted molar refractivity (Wildman–Crippen MR) is 124 cm³/mol. The Labute approximate surface area is 188 Å². The smallest absolute Gasteiger partial charge is 0.319 e. The molecule has 0 bridgehead atoms. The van der Waals surface area contributed by atoms with Crippen LogP contribution in [0.15, 0.2) is 60.1 Å². The summed E-state index contributed by atoms with van der Waals surface area (Å²) in [5.74, 6) is 1.07. The lowest BCUT2D eigenvalue weighted by atomic mass is 10.1. The number of likely N-dealkylation sites (N-methyl/N-ethyl adjacent to an activating group) is 1. The third-order valence-corrected chi connectivity index (χ3v) is 5.30. The third kappa shape index (κ3) is 5.69. The predicted octanol–water partition coefficient (Wildman–Crippen LogP) is 4.42. The van der Waals surface area contributed by atoms with Gasteiger partial charge in [0.15, 0.2) is 5.76 Å². The molecule has 0 aromatic heterocycles. The minimum absolute atomic E-state index is 0.196. The summed E-state index contributed by atoms with van der Waals surface area (Å²) in [6.45, 7) is 8.24. The molecular weight excluding hydrogens is 406 g/mol. The largest absolute Gasteiger partial charge is 0.484 e. The highest BCUT2D eigenvalue weighted by Crippen LogP contribution is 2.23. The van der Waals surface area contributed by atoms with Crippen molar-refractivity contribution in [2.75, 3.05) is 19.0 Å². The van der Waals surface area contributed by atoms with Gasteiger partial charge in [0, 0.05) is 18.8 Å². The maximum absolute atomic E-state index is 12.5. The number of carbonyl (C=O) groups is 2. The van der Waals surface area contributed by atoms with Gasteiger partial charge < -0.3 is 25.4 Å². The topological polar surface area (TPSA) is 88.7 Å². The lowest BCUT2D eigenvalue weighted by Crippen LogP contribution is -2.31. The molecular formula is C25H29N3O4. The van der Waals surface area contributed by atoms with E-state index in [2.05, 4.69) is 28.9 Å². The summed E-state index contributed by atoms with van der Waals surface area (Å²) < 4.78 is 11.1. The van der Waals surface area contributed by atoms with Crippen LogP contribution in [0.25, 0.3) is 0 Å². The lowest BCUT2D eigenvalue weighted by Gasteiger charge is -2.18. The van der Waals surface area contributed by atoms with E-state index in [1.165, 1.54) is 5.56 Å². The zero-order chi connectivity index (χ0) is 23.3. The van der Waals surface area contributed by atoms with Crippen molar-refractivity contribution in [3.05, 3.63) is 82.3 Å². The van der Waals surface area contributed by atoms with E-state index in [4.69, 9.17) is 9.47 Å². The van der Waals surface area contributed by atoms with Crippen LogP contribution in [-0.2, 0) is 9.53 Å². The van der Waals surface area contributed by atoms with Crippen molar-refractivity contribution < 1.29 is 19.1 Å². The van der Waals surface area contributed by atoms with E-state index in [1.807, 2.05) is 51.1 Å². The second-order valence-corrected chi connectivity index (χ2v) is 7.75. The van der Waals surface area contributed by atoms with Crippen molar-refractivity contribution >= 4 is 17.6 Å². The molecule has 7 heteroatoms. The van der Waals surface area contributed by atoms with E-state index in [0.717, 1.165) is 22.4 Å². The molecule has 1 unspecified atom stereocenters. The molecule has 2 aromatic rings. The summed E-state index contributed by atoms with van der Waals surface area (Å²) >= 11 is 0. The van der Waals surface area contributed by atoms with Crippen molar-refractivity contribution in [3.63, 3.8) is 0 Å². The normalized spacial score (nSPS) is 13.8. The van der Waals surface area contributed by atoms with Gasteiger partial charge in [0.25, 0.3) is 5.91 Å². The molecule has 32 heavy (non-hydrogen) atoms. The van der Waals surface area contributed by atoms with Crippen LogP contribution in [0.2, 0.25) is 0 Å². The minimum atomic E-state index is -0.302. The number of anilines is 1. The molecule has 1 atom stereocenters. The standard InChI is InChI=1S/C25H29N3O4/c1-15-12-17(3)22(13-16(15)2)28-25(30)27-18(4)19-6-8-20(9-7-19)32-21-10-11-31-23(14-21)24(29)26-5/h6-10,12-14,18H,11H2,1-5H3,(H,26,29)(H2,27,28,30). The van der Waals surface area contributed by atoms with E-state index in [0.29, 0.717) is 11.5 Å². The Hall–Kier alpha value is -3.74. The van der Waals surface area contributed by atoms with Crippen molar-refractivity contribution in [2.24, 2.45) is 0 Å². The summed E-state index contributed by atoms with van der Waals surface area (Å²) in [5.41, 5.74) is 5.09. The zero-order valence-electron chi connectivity index (χ0n) is 19.0. The molecule has 0 fully saturated rings. The van der Waals surface area contributed by atoms with Crippen LogP contribution < -0.4 is 20.7 Å². The van der Waals surface area contributed by atoms with Crippen molar-refractivity contribution in [1.82, 2.24) is 10.6 Å². The summed E-state index contributed by atoms with van der Waals surface area (Å²) in [4.78, 5) is 24.2. The van der Waals surface area contributed by atoms with Crippen molar-refractivity contribution in [2.45, 2.75) is 33.7 Å². The molecule has 7 nitrogen and oxygen atoms in total. The Morgan fingerprint density at radius 2 is 1.72 bits per heavy atom. The van der Waals surface area contributed by atoms with Crippen LogP contribution in [-0.4, -0.2) is 25.6 Å². The molecule has 3 amide bonds. The van der Waals surface area contributed by atoms with Crippen LogP contribution in [0.4, 0.5) is 10.5 Å². The number of allylic oxidation sites excluding steroid dienone is 1. The first-order valence-electron chi connectivity index (χ1n) is 10.5. The van der Waals surface area contributed by atoms with Gasteiger partial charge in [-0.25, -0.2) is 4.79 Å². The van der Waals surface area contributed by atoms with E-state index in [9.17, 15) is 9.59 Å². The van der Waals surface area contributed by atoms with Crippen LogP contribution in [0.1, 0.15) is 35.2 Å². The number of benzene rings is 2. The SMILES string of the molecule is CNC(=O)C1=CC(Oc2ccc(C(C)NC(=O)Nc3cc(C)c(C)cc3C)cc2)=CCO1. The van der Waals surface area contributed by atoms with Crippen LogP contribution in [0.3, 0.4) is 0 Å². The van der Waals surface area contributed by atoms with E-state index in [1.54, 1.807) is 19.2 Å². The van der Waals surface area contributed by atoms with Gasteiger partial charge in [-0.15, -0.1) is 0 Å². The number of nitrogens with one attached hydrogen (secondary N) is 3. The number of hydrogen-bond acceptors (Lipinski definition) is 4. The van der Waals surface area contributed by atoms with E-state index < -0.39 is 0 Å². The third-order valence-electron chi connectivity index (χ3n) is 5.30. The molecule has 1 aliphatic heterocycles. The Bertz CT molecular complexity index is 1070. The first-order chi connectivity index (χ1) is 15.3. The summed E-state index contributed by atoms with van der Waals surface area (Å²) in [6.07, 6.45) is 3.31. The average Bonchev–Trinajstić information content (AvgIpc) is 2.77. The van der Waals surface area contributed by atoms with Gasteiger partial charge in [-0.05, 0) is 74.2 Å². The fraction of sp³-hybridized carbons (Fsp3) is 0.280. The molecule has 1 heterocycles. The first-order valence-corrected chi connectivity index (χ1v) is 10.5. The molecule has 3 N–H and O–H groups in total. The van der Waals surface area contributed by atoms with Crippen molar-refractivity contribution in [1.29, 1.82) is 0 Å². The highest BCUT2D eigenvalue weighted by Gasteiger charge is 2.15. The van der Waals surface area contributed by atoms with E-state index >= 15 is 0 Å². The second-order valence-electron chi connectivity index (χ2n) is 7.75. The maximum Gasteiger partial charge on any atom is 0.319 e. The van der Waals surface area contributed by atoms with Crippen LogP contribution in [0, 0.1) is 20.8 Å². The number of hydrogen-bond donors (Lipinski definition) is 3. The van der Waals surface area contributed by atoms with E-state index in [-0.39, 0.29) is 30.3 Å². The van der Waals surface area contributed by atoms with Crippen molar-refractivity contribution in [3.8, 4) is 5.75 Å². The van der Waals surface area contributed by atoms with Gasteiger partial charge in [0.05, 0.1) is 6.04 Å². The highest BCUT2D eigenvalue weighted by atomic mass is 16.5. The number of aryl methyl sites for hydroxylation is 3. The molecule has 0 aliphatic carbocycles. The summed E-state index contributed by atoms with van der Waals surface area (Å²) in [5, 5.41) is 8.41. The number of rotatable bonds is 6. The fourth-order valence-electron chi connectivity index (χ4n) is 3.26. The zero-order valence-corrected chi connectivity index (χ0v) is 19.0. The molecule has 0 saturated carbocycles. The van der Waals surface area contributed by atoms with Crippen LogP contribution >= 0.6 is 0 Å². The molecule has 168 valence electrons. The second kappa shape index (κ2) is 10.0. The molecule has 3 rings (SSSR count). The monoisotopic (exact) mass is 435 g/mol. The number of amides is 3. The van der Waals surface area contributed by atoms with Gasteiger partial charge in [-0.2, -0.15) is 0 Å². The quantitative estimate of drug-likeness (QED) is 0.627. The molecule has 2 aromatic carbocycles. The average molecular weight is 436 g/mol. The summed E-state index contributed by atoms with van der Waals surface area (Å²) in [7, 11) is 1.54. The Balaban J connectivity index is 1.59. The highest BCUT2D eigenvalue weighted by molar-refractivity contribution is 5.92. The molecule has 0 saturated heterocycles. The van der Waals surface area contributed by atoms with Gasteiger partial charge >= 0.3 is 6.03 Å². The molecule has 0 spiro atoms. The van der Waals surface area contributed by atoms with Gasteiger partial charge in [0.2, 0.25) is 0 Å². The summed E-state index contributed by atoms with van der Waals surface area (Å²) in [6, 6.07) is 11.0. The Kier molecular flexibility index (Phi) is 7.20.